The molecule has 0 radical (unpaired) electrons. The summed E-state index contributed by atoms with van der Waals surface area (Å²) in [5, 5.41) is 12.5. The number of hydrogen-bond acceptors (Lipinski definition) is 5. The van der Waals surface area contributed by atoms with Gasteiger partial charge in [-0.1, -0.05) is 0 Å². The zero-order chi connectivity index (χ0) is 15.5. The third-order valence-electron chi connectivity index (χ3n) is 4.39. The molecule has 1 N–H and O–H groups in total. The quantitative estimate of drug-likeness (QED) is 0.937. The molecular weight excluding hydrogens is 274 g/mol. The fourth-order valence-electron chi connectivity index (χ4n) is 2.93. The molecule has 1 aliphatic heterocycles. The average molecular weight is 297 g/mol. The second kappa shape index (κ2) is 6.40. The van der Waals surface area contributed by atoms with Gasteiger partial charge in [0.15, 0.2) is 5.82 Å². The van der Waals surface area contributed by atoms with E-state index in [1.165, 1.54) is 16.7 Å². The van der Waals surface area contributed by atoms with E-state index in [4.69, 9.17) is 0 Å². The Kier molecular flexibility index (Phi) is 4.34. The average Bonchev–Trinajstić information content (AvgIpc) is 2.53. The van der Waals surface area contributed by atoms with Crippen LogP contribution in [0.1, 0.15) is 29.3 Å². The minimum atomic E-state index is 0.492. The third-order valence-corrected chi connectivity index (χ3v) is 4.39. The lowest BCUT2D eigenvalue weighted by Gasteiger charge is -2.33. The number of pyridine rings is 1. The summed E-state index contributed by atoms with van der Waals surface area (Å²) < 4.78 is 0. The maximum atomic E-state index is 4.53. The molecule has 5 nitrogen and oxygen atoms in total. The number of aromatic nitrogens is 3. The van der Waals surface area contributed by atoms with Gasteiger partial charge in [0.25, 0.3) is 0 Å². The van der Waals surface area contributed by atoms with E-state index in [1.807, 2.05) is 24.5 Å². The monoisotopic (exact) mass is 297 g/mol. The van der Waals surface area contributed by atoms with Gasteiger partial charge >= 0.3 is 0 Å². The molecule has 0 saturated carbocycles. The Balaban J connectivity index is 1.85. The van der Waals surface area contributed by atoms with Crippen LogP contribution in [0.15, 0.2) is 24.5 Å². The van der Waals surface area contributed by atoms with Crippen LogP contribution in [0, 0.1) is 13.8 Å². The molecule has 2 aromatic heterocycles. The normalized spacial score (nSPS) is 18.5. The second-order valence-electron chi connectivity index (χ2n) is 6.05. The first-order valence-corrected chi connectivity index (χ1v) is 7.85. The van der Waals surface area contributed by atoms with Crippen molar-refractivity contribution in [1.29, 1.82) is 0 Å². The highest BCUT2D eigenvalue weighted by molar-refractivity contribution is 5.51. The number of nitrogens with zero attached hydrogens (tertiary/aromatic N) is 4. The van der Waals surface area contributed by atoms with Gasteiger partial charge in [0.1, 0.15) is 0 Å². The summed E-state index contributed by atoms with van der Waals surface area (Å²) in [7, 11) is 0. The molecular formula is C17H23N5. The van der Waals surface area contributed by atoms with Crippen molar-refractivity contribution in [3.8, 4) is 0 Å². The number of hydrogen-bond donors (Lipinski definition) is 1. The topological polar surface area (TPSA) is 53.9 Å². The fraction of sp³-hybridized carbons (Fsp3) is 0.471. The number of anilines is 1. The van der Waals surface area contributed by atoms with Crippen molar-refractivity contribution < 1.29 is 0 Å². The van der Waals surface area contributed by atoms with Gasteiger partial charge in [0, 0.05) is 44.5 Å². The minimum absolute atomic E-state index is 0.492. The first-order valence-electron chi connectivity index (χ1n) is 7.85. The molecule has 3 rings (SSSR count). The molecule has 3 heterocycles. The van der Waals surface area contributed by atoms with Crippen molar-refractivity contribution in [3.63, 3.8) is 0 Å². The number of nitrogens with one attached hydrogen (secondary N) is 1. The van der Waals surface area contributed by atoms with E-state index in [2.05, 4.69) is 46.2 Å². The van der Waals surface area contributed by atoms with Crippen molar-refractivity contribution in [3.05, 3.63) is 46.9 Å². The Hall–Kier alpha value is -2.01. The summed E-state index contributed by atoms with van der Waals surface area (Å²) in [4.78, 5) is 6.40. The SMILES string of the molecule is Cc1c(Cc2ccncc2)nnc(N2CCNC(C)C2)c1C. The Morgan fingerprint density at radius 1 is 1.18 bits per heavy atom. The van der Waals surface area contributed by atoms with Crippen LogP contribution < -0.4 is 10.2 Å². The smallest absolute Gasteiger partial charge is 0.154 e. The lowest BCUT2D eigenvalue weighted by atomic mass is 10.0. The van der Waals surface area contributed by atoms with Crippen molar-refractivity contribution in [2.24, 2.45) is 0 Å². The molecule has 22 heavy (non-hydrogen) atoms. The van der Waals surface area contributed by atoms with Gasteiger partial charge in [0.05, 0.1) is 5.69 Å². The van der Waals surface area contributed by atoms with Crippen molar-refractivity contribution >= 4 is 5.82 Å². The molecule has 1 aliphatic rings. The van der Waals surface area contributed by atoms with Gasteiger partial charge in [-0.05, 0) is 49.6 Å². The summed E-state index contributed by atoms with van der Waals surface area (Å²) in [6.07, 6.45) is 4.45. The Morgan fingerprint density at radius 2 is 1.95 bits per heavy atom. The molecule has 5 heteroatoms. The van der Waals surface area contributed by atoms with Gasteiger partial charge in [-0.3, -0.25) is 4.98 Å². The van der Waals surface area contributed by atoms with Crippen molar-refractivity contribution in [2.45, 2.75) is 33.2 Å². The minimum Gasteiger partial charge on any atom is -0.352 e. The summed E-state index contributed by atoms with van der Waals surface area (Å²) in [5.41, 5.74) is 4.76. The Morgan fingerprint density at radius 3 is 2.68 bits per heavy atom. The predicted molar refractivity (Wildman–Crippen MR) is 88.2 cm³/mol. The van der Waals surface area contributed by atoms with Gasteiger partial charge in [-0.2, -0.15) is 5.10 Å². The summed E-state index contributed by atoms with van der Waals surface area (Å²) in [5.74, 6) is 1.03. The molecule has 0 aromatic carbocycles. The molecule has 2 aromatic rings. The van der Waals surface area contributed by atoms with Gasteiger partial charge in [0.2, 0.25) is 0 Å². The molecule has 0 amide bonds. The first-order chi connectivity index (χ1) is 10.6. The van der Waals surface area contributed by atoms with E-state index >= 15 is 0 Å². The van der Waals surface area contributed by atoms with Gasteiger partial charge < -0.3 is 10.2 Å². The maximum Gasteiger partial charge on any atom is 0.154 e. The van der Waals surface area contributed by atoms with E-state index < -0.39 is 0 Å². The lowest BCUT2D eigenvalue weighted by Crippen LogP contribution is -2.49. The first kappa shape index (κ1) is 14.9. The largest absolute Gasteiger partial charge is 0.352 e. The predicted octanol–water partition coefficient (Wildman–Crippen LogP) is 1.88. The van der Waals surface area contributed by atoms with Gasteiger partial charge in [-0.15, -0.1) is 5.10 Å². The molecule has 0 bridgehead atoms. The molecule has 0 aliphatic carbocycles. The Labute approximate surface area is 131 Å². The highest BCUT2D eigenvalue weighted by Gasteiger charge is 2.20. The van der Waals surface area contributed by atoms with E-state index in [1.54, 1.807) is 0 Å². The van der Waals surface area contributed by atoms with Crippen LogP contribution in [0.3, 0.4) is 0 Å². The van der Waals surface area contributed by atoms with E-state index in [0.29, 0.717) is 6.04 Å². The van der Waals surface area contributed by atoms with Crippen LogP contribution in [0.2, 0.25) is 0 Å². The Bertz CT molecular complexity index is 641. The molecule has 1 atom stereocenters. The molecule has 1 fully saturated rings. The van der Waals surface area contributed by atoms with Crippen molar-refractivity contribution in [1.82, 2.24) is 20.5 Å². The maximum absolute atomic E-state index is 4.53. The fourth-order valence-corrected chi connectivity index (χ4v) is 2.93. The summed E-state index contributed by atoms with van der Waals surface area (Å²) in [6.45, 7) is 9.49. The number of rotatable bonds is 3. The molecule has 116 valence electrons. The zero-order valence-electron chi connectivity index (χ0n) is 13.5. The van der Waals surface area contributed by atoms with E-state index in [0.717, 1.165) is 37.6 Å². The van der Waals surface area contributed by atoms with E-state index in [-0.39, 0.29) is 0 Å². The van der Waals surface area contributed by atoms with Gasteiger partial charge in [-0.25, -0.2) is 0 Å². The second-order valence-corrected chi connectivity index (χ2v) is 6.05. The van der Waals surface area contributed by atoms with Crippen LogP contribution >= 0.6 is 0 Å². The van der Waals surface area contributed by atoms with Crippen LogP contribution in [-0.4, -0.2) is 40.9 Å². The molecule has 0 spiro atoms. The standard InChI is InChI=1S/C17H23N5/c1-12-11-22(9-8-19-12)17-14(3)13(2)16(20-21-17)10-15-4-6-18-7-5-15/h4-7,12,19H,8-11H2,1-3H3. The lowest BCUT2D eigenvalue weighted by molar-refractivity contribution is 0.480. The van der Waals surface area contributed by atoms with Crippen LogP contribution in [0.5, 0.6) is 0 Å². The summed E-state index contributed by atoms with van der Waals surface area (Å²) >= 11 is 0. The van der Waals surface area contributed by atoms with E-state index in [9.17, 15) is 0 Å². The third kappa shape index (κ3) is 3.09. The van der Waals surface area contributed by atoms with Crippen LogP contribution in [0.4, 0.5) is 5.82 Å². The van der Waals surface area contributed by atoms with Crippen LogP contribution in [-0.2, 0) is 6.42 Å². The molecule has 1 unspecified atom stereocenters. The highest BCUT2D eigenvalue weighted by Crippen LogP contribution is 2.23. The summed E-state index contributed by atoms with van der Waals surface area (Å²) in [6, 6.07) is 4.55. The van der Waals surface area contributed by atoms with Crippen molar-refractivity contribution in [2.75, 3.05) is 24.5 Å². The van der Waals surface area contributed by atoms with Crippen LogP contribution in [0.25, 0.3) is 0 Å². The number of piperazine rings is 1. The zero-order valence-corrected chi connectivity index (χ0v) is 13.5. The molecule has 1 saturated heterocycles. The highest BCUT2D eigenvalue weighted by atomic mass is 15.3.